The van der Waals surface area contributed by atoms with Crippen LogP contribution < -0.4 is 4.74 Å². The van der Waals surface area contributed by atoms with E-state index in [1.165, 1.54) is 5.56 Å². The molecule has 0 saturated carbocycles. The molecule has 0 aromatic heterocycles. The van der Waals surface area contributed by atoms with Gasteiger partial charge in [-0.3, -0.25) is 0 Å². The fraction of sp³-hybridized carbons (Fsp3) is 0.294. The van der Waals surface area contributed by atoms with E-state index >= 15 is 0 Å². The summed E-state index contributed by atoms with van der Waals surface area (Å²) in [5, 5.41) is 9.23. The van der Waals surface area contributed by atoms with E-state index in [9.17, 15) is 5.11 Å². The minimum absolute atomic E-state index is 0.302. The standard InChI is InChI=1S/C17H20O2S/c1-13(2)16-5-3-4-6-17(16)19-11-12-20-15-9-7-14(18)8-10-15/h3-10,13,18H,11-12H2,1-2H3. The smallest absolute Gasteiger partial charge is 0.122 e. The van der Waals surface area contributed by atoms with Gasteiger partial charge in [0.2, 0.25) is 0 Å². The molecule has 0 aliphatic rings. The van der Waals surface area contributed by atoms with E-state index in [2.05, 4.69) is 19.9 Å². The van der Waals surface area contributed by atoms with Crippen LogP contribution in [0.25, 0.3) is 0 Å². The van der Waals surface area contributed by atoms with E-state index in [0.29, 0.717) is 18.3 Å². The largest absolute Gasteiger partial charge is 0.508 e. The third kappa shape index (κ3) is 4.20. The lowest BCUT2D eigenvalue weighted by atomic mass is 10.0. The van der Waals surface area contributed by atoms with Gasteiger partial charge in [-0.2, -0.15) is 0 Å². The zero-order chi connectivity index (χ0) is 14.4. The molecule has 0 aliphatic carbocycles. The molecule has 0 atom stereocenters. The quantitative estimate of drug-likeness (QED) is 0.618. The predicted octanol–water partition coefficient (Wildman–Crippen LogP) is 4.69. The molecule has 3 heteroatoms. The molecule has 0 fully saturated rings. The molecule has 0 amide bonds. The summed E-state index contributed by atoms with van der Waals surface area (Å²) >= 11 is 1.73. The van der Waals surface area contributed by atoms with Crippen LogP contribution in [0.1, 0.15) is 25.3 Å². The number of benzene rings is 2. The summed E-state index contributed by atoms with van der Waals surface area (Å²) in [5.74, 6) is 2.64. The molecule has 2 rings (SSSR count). The first kappa shape index (κ1) is 14.8. The highest BCUT2D eigenvalue weighted by Crippen LogP contribution is 2.26. The number of hydrogen-bond donors (Lipinski definition) is 1. The fourth-order valence-corrected chi connectivity index (χ4v) is 2.67. The molecule has 0 bridgehead atoms. The van der Waals surface area contributed by atoms with Gasteiger partial charge in [-0.15, -0.1) is 11.8 Å². The Kier molecular flexibility index (Phi) is 5.36. The average Bonchev–Trinajstić information content (AvgIpc) is 2.46. The van der Waals surface area contributed by atoms with Crippen LogP contribution in [0.5, 0.6) is 11.5 Å². The number of para-hydroxylation sites is 1. The monoisotopic (exact) mass is 288 g/mol. The third-order valence-electron chi connectivity index (χ3n) is 2.99. The number of phenolic OH excluding ortho intramolecular Hbond substituents is 1. The van der Waals surface area contributed by atoms with Gasteiger partial charge in [0.05, 0.1) is 6.61 Å². The van der Waals surface area contributed by atoms with Crippen molar-refractivity contribution in [1.82, 2.24) is 0 Å². The van der Waals surface area contributed by atoms with Crippen molar-refractivity contribution in [3.63, 3.8) is 0 Å². The molecular formula is C17H20O2S. The van der Waals surface area contributed by atoms with Crippen LogP contribution in [-0.4, -0.2) is 17.5 Å². The molecule has 2 aromatic rings. The van der Waals surface area contributed by atoms with Gasteiger partial charge < -0.3 is 9.84 Å². The van der Waals surface area contributed by atoms with Gasteiger partial charge >= 0.3 is 0 Å². The summed E-state index contributed by atoms with van der Waals surface area (Å²) in [6.07, 6.45) is 0. The SMILES string of the molecule is CC(C)c1ccccc1OCCSc1ccc(O)cc1. The topological polar surface area (TPSA) is 29.5 Å². The molecule has 0 aliphatic heterocycles. The average molecular weight is 288 g/mol. The first-order valence-corrected chi connectivity index (χ1v) is 7.79. The van der Waals surface area contributed by atoms with Crippen LogP contribution in [0.4, 0.5) is 0 Å². The van der Waals surface area contributed by atoms with Crippen molar-refractivity contribution in [2.45, 2.75) is 24.7 Å². The van der Waals surface area contributed by atoms with Crippen molar-refractivity contribution in [3.8, 4) is 11.5 Å². The number of thioether (sulfide) groups is 1. The highest BCUT2D eigenvalue weighted by atomic mass is 32.2. The van der Waals surface area contributed by atoms with Crippen LogP contribution in [0.3, 0.4) is 0 Å². The Labute approximate surface area is 124 Å². The molecule has 2 aromatic carbocycles. The third-order valence-corrected chi connectivity index (χ3v) is 3.96. The molecule has 0 radical (unpaired) electrons. The van der Waals surface area contributed by atoms with Crippen LogP contribution in [0.15, 0.2) is 53.4 Å². The van der Waals surface area contributed by atoms with Crippen LogP contribution in [-0.2, 0) is 0 Å². The summed E-state index contributed by atoms with van der Waals surface area (Å²) < 4.78 is 5.87. The van der Waals surface area contributed by atoms with Crippen LogP contribution >= 0.6 is 11.8 Å². The number of ether oxygens (including phenoxy) is 1. The maximum absolute atomic E-state index is 9.23. The summed E-state index contributed by atoms with van der Waals surface area (Å²) in [7, 11) is 0. The van der Waals surface area contributed by atoms with Gasteiger partial charge in [0.25, 0.3) is 0 Å². The number of phenols is 1. The Morgan fingerprint density at radius 1 is 1.05 bits per heavy atom. The normalized spacial score (nSPS) is 10.8. The fourth-order valence-electron chi connectivity index (χ4n) is 1.94. The Bertz CT molecular complexity index is 535. The first-order chi connectivity index (χ1) is 9.66. The van der Waals surface area contributed by atoms with Crippen LogP contribution in [0.2, 0.25) is 0 Å². The second-order valence-electron chi connectivity index (χ2n) is 4.88. The number of rotatable bonds is 6. The lowest BCUT2D eigenvalue weighted by Crippen LogP contribution is -2.03. The molecule has 20 heavy (non-hydrogen) atoms. The van der Waals surface area contributed by atoms with Crippen LogP contribution in [0, 0.1) is 0 Å². The number of aromatic hydroxyl groups is 1. The van der Waals surface area contributed by atoms with E-state index in [1.807, 2.05) is 30.3 Å². The highest BCUT2D eigenvalue weighted by Gasteiger charge is 2.06. The van der Waals surface area contributed by atoms with E-state index < -0.39 is 0 Å². The van der Waals surface area contributed by atoms with E-state index in [4.69, 9.17) is 4.74 Å². The highest BCUT2D eigenvalue weighted by molar-refractivity contribution is 7.99. The molecular weight excluding hydrogens is 268 g/mol. The van der Waals surface area contributed by atoms with Gasteiger partial charge in [-0.05, 0) is 41.8 Å². The second-order valence-corrected chi connectivity index (χ2v) is 6.05. The Morgan fingerprint density at radius 2 is 1.75 bits per heavy atom. The summed E-state index contributed by atoms with van der Waals surface area (Å²) in [4.78, 5) is 1.14. The zero-order valence-electron chi connectivity index (χ0n) is 11.9. The zero-order valence-corrected chi connectivity index (χ0v) is 12.7. The van der Waals surface area contributed by atoms with Gasteiger partial charge in [0.1, 0.15) is 11.5 Å². The van der Waals surface area contributed by atoms with Crippen molar-refractivity contribution >= 4 is 11.8 Å². The van der Waals surface area contributed by atoms with Crippen molar-refractivity contribution in [1.29, 1.82) is 0 Å². The van der Waals surface area contributed by atoms with Crippen molar-refractivity contribution in [2.75, 3.05) is 12.4 Å². The Morgan fingerprint density at radius 3 is 2.45 bits per heavy atom. The number of hydrogen-bond acceptors (Lipinski definition) is 3. The lowest BCUT2D eigenvalue weighted by Gasteiger charge is -2.13. The molecule has 106 valence electrons. The molecule has 1 N–H and O–H groups in total. The lowest BCUT2D eigenvalue weighted by molar-refractivity contribution is 0.339. The van der Waals surface area contributed by atoms with Crippen molar-refractivity contribution < 1.29 is 9.84 Å². The predicted molar refractivity (Wildman–Crippen MR) is 84.9 cm³/mol. The Hall–Kier alpha value is -1.61. The second kappa shape index (κ2) is 7.25. The maximum Gasteiger partial charge on any atom is 0.122 e. The summed E-state index contributed by atoms with van der Waals surface area (Å²) in [6.45, 7) is 5.02. The molecule has 0 saturated heterocycles. The van der Waals surface area contributed by atoms with Gasteiger partial charge in [0, 0.05) is 10.6 Å². The van der Waals surface area contributed by atoms with Gasteiger partial charge in [0.15, 0.2) is 0 Å². The van der Waals surface area contributed by atoms with E-state index in [1.54, 1.807) is 23.9 Å². The molecule has 2 nitrogen and oxygen atoms in total. The van der Waals surface area contributed by atoms with E-state index in [0.717, 1.165) is 16.4 Å². The molecule has 0 unspecified atom stereocenters. The minimum Gasteiger partial charge on any atom is -0.508 e. The maximum atomic E-state index is 9.23. The van der Waals surface area contributed by atoms with Gasteiger partial charge in [-0.25, -0.2) is 0 Å². The van der Waals surface area contributed by atoms with Crippen molar-refractivity contribution in [3.05, 3.63) is 54.1 Å². The summed E-state index contributed by atoms with van der Waals surface area (Å²) in [5.41, 5.74) is 1.25. The Balaban J connectivity index is 1.83. The molecule has 0 heterocycles. The minimum atomic E-state index is 0.302. The van der Waals surface area contributed by atoms with E-state index in [-0.39, 0.29) is 0 Å². The first-order valence-electron chi connectivity index (χ1n) is 6.80. The molecule has 0 spiro atoms. The summed E-state index contributed by atoms with van der Waals surface area (Å²) in [6, 6.07) is 15.5. The van der Waals surface area contributed by atoms with Crippen molar-refractivity contribution in [2.24, 2.45) is 0 Å². The van der Waals surface area contributed by atoms with Gasteiger partial charge in [-0.1, -0.05) is 32.0 Å².